The van der Waals surface area contributed by atoms with Crippen LogP contribution in [0.15, 0.2) is 35.9 Å². The first-order valence-electron chi connectivity index (χ1n) is 8.42. The van der Waals surface area contributed by atoms with E-state index >= 15 is 0 Å². The molecule has 0 saturated carbocycles. The van der Waals surface area contributed by atoms with Gasteiger partial charge in [-0.2, -0.15) is 5.10 Å². The highest BCUT2D eigenvalue weighted by molar-refractivity contribution is 5.44. The van der Waals surface area contributed by atoms with Crippen molar-refractivity contribution < 1.29 is 5.11 Å². The number of aromatic hydroxyl groups is 1. The third-order valence-electron chi connectivity index (χ3n) is 5.08. The van der Waals surface area contributed by atoms with Crippen LogP contribution < -0.4 is 0 Å². The van der Waals surface area contributed by atoms with E-state index in [0.717, 1.165) is 11.4 Å². The van der Waals surface area contributed by atoms with Gasteiger partial charge in [0.1, 0.15) is 5.75 Å². The van der Waals surface area contributed by atoms with Gasteiger partial charge >= 0.3 is 0 Å². The number of aryl methyl sites for hydroxylation is 1. The Kier molecular flexibility index (Phi) is 4.05. The molecule has 0 amide bonds. The van der Waals surface area contributed by atoms with Crippen LogP contribution in [-0.2, 0) is 0 Å². The predicted octanol–water partition coefficient (Wildman–Crippen LogP) is 4.90. The summed E-state index contributed by atoms with van der Waals surface area (Å²) in [6, 6.07) is 7.29. The SMILES string of the molecule is CC1=C[C@H](C)C[C@H](C)[C@@H]1c1c(C)nn(-c2cccc(O)c2)c1C. The average Bonchev–Trinajstić information content (AvgIpc) is 2.74. The lowest BCUT2D eigenvalue weighted by Gasteiger charge is -2.32. The van der Waals surface area contributed by atoms with Crippen molar-refractivity contribution in [3.05, 3.63) is 52.9 Å². The van der Waals surface area contributed by atoms with E-state index in [2.05, 4.69) is 40.7 Å². The van der Waals surface area contributed by atoms with E-state index in [1.54, 1.807) is 12.1 Å². The second kappa shape index (κ2) is 5.88. The monoisotopic (exact) mass is 310 g/mol. The summed E-state index contributed by atoms with van der Waals surface area (Å²) in [4.78, 5) is 0. The van der Waals surface area contributed by atoms with E-state index in [-0.39, 0.29) is 5.75 Å². The van der Waals surface area contributed by atoms with Gasteiger partial charge < -0.3 is 5.11 Å². The largest absolute Gasteiger partial charge is 0.508 e. The molecule has 3 nitrogen and oxygen atoms in total. The lowest BCUT2D eigenvalue weighted by atomic mass is 9.72. The van der Waals surface area contributed by atoms with E-state index in [1.165, 1.54) is 23.3 Å². The van der Waals surface area contributed by atoms with Crippen molar-refractivity contribution in [1.29, 1.82) is 0 Å². The first-order valence-corrected chi connectivity index (χ1v) is 8.42. The smallest absolute Gasteiger partial charge is 0.117 e. The van der Waals surface area contributed by atoms with Gasteiger partial charge in [0.05, 0.1) is 11.4 Å². The van der Waals surface area contributed by atoms with Gasteiger partial charge in [-0.3, -0.25) is 0 Å². The van der Waals surface area contributed by atoms with Crippen molar-refractivity contribution in [3.8, 4) is 11.4 Å². The first kappa shape index (κ1) is 15.9. The molecule has 1 aliphatic carbocycles. The minimum absolute atomic E-state index is 0.271. The third kappa shape index (κ3) is 2.80. The van der Waals surface area contributed by atoms with E-state index in [9.17, 15) is 5.11 Å². The van der Waals surface area contributed by atoms with Gasteiger partial charge in [-0.25, -0.2) is 4.68 Å². The second-order valence-electron chi connectivity index (χ2n) is 7.09. The Morgan fingerprint density at radius 3 is 2.57 bits per heavy atom. The summed E-state index contributed by atoms with van der Waals surface area (Å²) in [6.07, 6.45) is 3.63. The van der Waals surface area contributed by atoms with Crippen LogP contribution in [0.4, 0.5) is 0 Å². The Morgan fingerprint density at radius 1 is 1.17 bits per heavy atom. The molecular formula is C20H26N2O. The highest BCUT2D eigenvalue weighted by atomic mass is 16.3. The van der Waals surface area contributed by atoms with Crippen LogP contribution in [0.3, 0.4) is 0 Å². The molecule has 1 heterocycles. The molecule has 1 aromatic carbocycles. The number of hydrogen-bond donors (Lipinski definition) is 1. The second-order valence-corrected chi connectivity index (χ2v) is 7.09. The number of nitrogens with zero attached hydrogens (tertiary/aromatic N) is 2. The van der Waals surface area contributed by atoms with Crippen LogP contribution in [0.25, 0.3) is 5.69 Å². The molecule has 2 aromatic rings. The van der Waals surface area contributed by atoms with Crippen molar-refractivity contribution in [3.63, 3.8) is 0 Å². The zero-order valence-electron chi connectivity index (χ0n) is 14.7. The van der Waals surface area contributed by atoms with Gasteiger partial charge in [-0.05, 0) is 51.2 Å². The fraction of sp³-hybridized carbons (Fsp3) is 0.450. The van der Waals surface area contributed by atoms with Gasteiger partial charge in [-0.15, -0.1) is 0 Å². The summed E-state index contributed by atoms with van der Waals surface area (Å²) in [5, 5.41) is 14.5. The quantitative estimate of drug-likeness (QED) is 0.801. The molecular weight excluding hydrogens is 284 g/mol. The normalized spacial score (nSPS) is 24.6. The van der Waals surface area contributed by atoms with Gasteiger partial charge in [0.15, 0.2) is 0 Å². The van der Waals surface area contributed by atoms with Crippen molar-refractivity contribution in [2.75, 3.05) is 0 Å². The minimum Gasteiger partial charge on any atom is -0.508 e. The number of aromatic nitrogens is 2. The maximum atomic E-state index is 9.75. The molecule has 0 unspecified atom stereocenters. The summed E-state index contributed by atoms with van der Waals surface area (Å²) in [6.45, 7) is 11.1. The molecule has 0 aliphatic heterocycles. The van der Waals surface area contributed by atoms with Crippen molar-refractivity contribution in [2.24, 2.45) is 11.8 Å². The topological polar surface area (TPSA) is 38.0 Å². The van der Waals surface area contributed by atoms with Crippen LogP contribution in [0, 0.1) is 25.7 Å². The maximum Gasteiger partial charge on any atom is 0.117 e. The Morgan fingerprint density at radius 2 is 1.91 bits per heavy atom. The standard InChI is InChI=1S/C20H26N2O/c1-12-9-13(2)19(14(3)10-12)20-15(4)21-22(16(20)5)17-7-6-8-18(23)11-17/h6-9,11-12,14,19,23H,10H2,1-5H3/t12-,14-,19+/m0/s1. The summed E-state index contributed by atoms with van der Waals surface area (Å²) in [5.74, 6) is 1.99. The van der Waals surface area contributed by atoms with Crippen LogP contribution in [0.5, 0.6) is 5.75 Å². The number of phenolic OH excluding ortho intramolecular Hbond substituents is 1. The molecule has 0 radical (unpaired) electrons. The van der Waals surface area contributed by atoms with E-state index in [0.29, 0.717) is 17.8 Å². The molecule has 0 spiro atoms. The van der Waals surface area contributed by atoms with Crippen molar-refractivity contribution in [2.45, 2.75) is 47.0 Å². The Labute approximate surface area is 138 Å². The highest BCUT2D eigenvalue weighted by Crippen LogP contribution is 2.42. The van der Waals surface area contributed by atoms with Gasteiger partial charge in [0.2, 0.25) is 0 Å². The van der Waals surface area contributed by atoms with Crippen LogP contribution >= 0.6 is 0 Å². The zero-order valence-corrected chi connectivity index (χ0v) is 14.7. The fourth-order valence-electron chi connectivity index (χ4n) is 4.28. The molecule has 1 aromatic heterocycles. The third-order valence-corrected chi connectivity index (χ3v) is 5.08. The molecule has 1 aliphatic rings. The molecule has 0 saturated heterocycles. The van der Waals surface area contributed by atoms with Gasteiger partial charge in [0, 0.05) is 23.2 Å². The summed E-state index contributed by atoms with van der Waals surface area (Å²) in [7, 11) is 0. The average molecular weight is 310 g/mol. The Hall–Kier alpha value is -2.03. The Bertz CT molecular complexity index is 757. The number of allylic oxidation sites excluding steroid dienone is 2. The number of benzene rings is 1. The first-order chi connectivity index (χ1) is 10.9. The molecule has 122 valence electrons. The van der Waals surface area contributed by atoms with Crippen LogP contribution in [-0.4, -0.2) is 14.9 Å². The lowest BCUT2D eigenvalue weighted by molar-refractivity contribution is 0.390. The zero-order chi connectivity index (χ0) is 16.7. The summed E-state index contributed by atoms with van der Waals surface area (Å²) >= 11 is 0. The number of hydrogen-bond acceptors (Lipinski definition) is 2. The molecule has 3 atom stereocenters. The maximum absolute atomic E-state index is 9.75. The van der Waals surface area contributed by atoms with Crippen LogP contribution in [0.2, 0.25) is 0 Å². The highest BCUT2D eigenvalue weighted by Gasteiger charge is 2.31. The predicted molar refractivity (Wildman–Crippen MR) is 94.1 cm³/mol. The number of rotatable bonds is 2. The molecule has 3 heteroatoms. The lowest BCUT2D eigenvalue weighted by Crippen LogP contribution is -2.20. The molecule has 23 heavy (non-hydrogen) atoms. The Balaban J connectivity index is 2.10. The van der Waals surface area contributed by atoms with Gasteiger partial charge in [0.25, 0.3) is 0 Å². The summed E-state index contributed by atoms with van der Waals surface area (Å²) < 4.78 is 1.96. The molecule has 3 rings (SSSR count). The molecule has 0 bridgehead atoms. The van der Waals surface area contributed by atoms with E-state index in [4.69, 9.17) is 5.10 Å². The van der Waals surface area contributed by atoms with Crippen LogP contribution in [0.1, 0.15) is 50.1 Å². The van der Waals surface area contributed by atoms with E-state index < -0.39 is 0 Å². The van der Waals surface area contributed by atoms with Crippen molar-refractivity contribution in [1.82, 2.24) is 9.78 Å². The molecule has 1 N–H and O–H groups in total. The minimum atomic E-state index is 0.271. The summed E-state index contributed by atoms with van der Waals surface area (Å²) in [5.41, 5.74) is 5.98. The van der Waals surface area contributed by atoms with E-state index in [1.807, 2.05) is 16.8 Å². The molecule has 0 fully saturated rings. The van der Waals surface area contributed by atoms with Gasteiger partial charge in [-0.1, -0.05) is 31.6 Å². The number of phenols is 1. The fourth-order valence-corrected chi connectivity index (χ4v) is 4.28. The van der Waals surface area contributed by atoms with Crippen molar-refractivity contribution >= 4 is 0 Å².